The van der Waals surface area contributed by atoms with E-state index in [9.17, 15) is 20.1 Å². The summed E-state index contributed by atoms with van der Waals surface area (Å²) in [4.78, 5) is 18.4. The maximum atomic E-state index is 12.0. The molecule has 4 atom stereocenters. The molecule has 0 spiro atoms. The lowest BCUT2D eigenvalue weighted by atomic mass is 9.99. The Bertz CT molecular complexity index is 830. The first-order valence-corrected chi connectivity index (χ1v) is 6.87. The minimum absolute atomic E-state index is 0.0860. The number of rotatable bonds is 3. The molecule has 0 amide bonds. The van der Waals surface area contributed by atoms with Crippen LogP contribution in [0.2, 0.25) is 0 Å². The topological polar surface area (TPSA) is 170 Å². The Balaban J connectivity index is 2.20. The second kappa shape index (κ2) is 5.13. The van der Waals surface area contributed by atoms with Crippen LogP contribution in [-0.4, -0.2) is 60.1 Å². The molecule has 2 aromatic heterocycles. The van der Waals surface area contributed by atoms with Crippen LogP contribution in [0.25, 0.3) is 11.0 Å². The third-order valence-corrected chi connectivity index (χ3v) is 4.12. The van der Waals surface area contributed by atoms with E-state index in [0.717, 1.165) is 0 Å². The summed E-state index contributed by atoms with van der Waals surface area (Å²) < 4.78 is 6.93. The lowest BCUT2D eigenvalue weighted by molar-refractivity contribution is -0.115. The van der Waals surface area contributed by atoms with Gasteiger partial charge in [0.15, 0.2) is 6.23 Å². The van der Waals surface area contributed by atoms with Crippen molar-refractivity contribution in [2.75, 3.05) is 6.61 Å². The van der Waals surface area contributed by atoms with Crippen molar-refractivity contribution < 1.29 is 20.1 Å². The van der Waals surface area contributed by atoms with Gasteiger partial charge in [-0.05, 0) is 6.92 Å². The first-order valence-electron chi connectivity index (χ1n) is 6.87. The van der Waals surface area contributed by atoms with Crippen LogP contribution in [0.4, 0.5) is 0 Å². The number of nitrogens with one attached hydrogen (secondary N) is 2. The molecule has 23 heavy (non-hydrogen) atoms. The van der Waals surface area contributed by atoms with Crippen molar-refractivity contribution in [2.24, 2.45) is 5.73 Å². The number of hydrogen-bond acceptors (Lipinski definition) is 7. The van der Waals surface area contributed by atoms with E-state index in [1.165, 1.54) is 24.0 Å². The van der Waals surface area contributed by atoms with Crippen molar-refractivity contribution >= 4 is 16.9 Å². The molecule has 0 saturated carbocycles. The molecule has 0 unspecified atom stereocenters. The molecule has 0 bridgehead atoms. The summed E-state index contributed by atoms with van der Waals surface area (Å²) in [6, 6.07) is 0. The van der Waals surface area contributed by atoms with Crippen LogP contribution in [0.5, 0.6) is 0 Å². The molecule has 10 heteroatoms. The number of amidine groups is 1. The number of aromatic amines is 1. The second-order valence-electron chi connectivity index (χ2n) is 5.71. The van der Waals surface area contributed by atoms with Crippen LogP contribution in [-0.2, 0) is 4.74 Å². The molecular formula is C13H17N5O5. The summed E-state index contributed by atoms with van der Waals surface area (Å²) in [6.07, 6.45) is -1.25. The van der Waals surface area contributed by atoms with Crippen LogP contribution in [0.1, 0.15) is 18.7 Å². The van der Waals surface area contributed by atoms with Crippen molar-refractivity contribution in [2.45, 2.75) is 31.0 Å². The Kier molecular flexibility index (Phi) is 3.48. The van der Waals surface area contributed by atoms with Gasteiger partial charge in [0.25, 0.3) is 5.56 Å². The van der Waals surface area contributed by atoms with Gasteiger partial charge in [-0.15, -0.1) is 0 Å². The predicted molar refractivity (Wildman–Crippen MR) is 79.0 cm³/mol. The summed E-state index contributed by atoms with van der Waals surface area (Å²) in [6.45, 7) is 0.952. The fourth-order valence-electron chi connectivity index (χ4n) is 2.78. The van der Waals surface area contributed by atoms with Crippen molar-refractivity contribution in [3.05, 3.63) is 28.4 Å². The molecule has 1 fully saturated rings. The monoisotopic (exact) mass is 323 g/mol. The third kappa shape index (κ3) is 2.15. The zero-order valence-corrected chi connectivity index (χ0v) is 12.2. The Morgan fingerprint density at radius 2 is 2.30 bits per heavy atom. The second-order valence-corrected chi connectivity index (χ2v) is 5.71. The van der Waals surface area contributed by atoms with E-state index in [1.807, 2.05) is 0 Å². The first kappa shape index (κ1) is 15.6. The number of ether oxygens (including phenoxy) is 1. The number of aromatic nitrogens is 3. The smallest absolute Gasteiger partial charge is 0.260 e. The average molecular weight is 323 g/mol. The molecule has 1 saturated heterocycles. The number of aliphatic hydroxyl groups is 3. The number of nitrogens with zero attached hydrogens (tertiary/aromatic N) is 2. The van der Waals surface area contributed by atoms with Crippen molar-refractivity contribution in [1.82, 2.24) is 14.5 Å². The van der Waals surface area contributed by atoms with Gasteiger partial charge >= 0.3 is 0 Å². The molecule has 1 aliphatic rings. The zero-order chi connectivity index (χ0) is 16.9. The van der Waals surface area contributed by atoms with Crippen molar-refractivity contribution in [1.29, 1.82) is 5.41 Å². The molecule has 124 valence electrons. The summed E-state index contributed by atoms with van der Waals surface area (Å²) in [5.74, 6) is -0.342. The number of fused-ring (bicyclic) bond motifs is 1. The highest BCUT2D eigenvalue weighted by atomic mass is 16.6. The molecule has 3 rings (SSSR count). The van der Waals surface area contributed by atoms with E-state index >= 15 is 0 Å². The van der Waals surface area contributed by atoms with E-state index in [0.29, 0.717) is 0 Å². The van der Waals surface area contributed by atoms with Crippen LogP contribution < -0.4 is 11.3 Å². The largest absolute Gasteiger partial charge is 0.393 e. The normalized spacial score (nSPS) is 30.9. The Hall–Kier alpha value is -2.27. The van der Waals surface area contributed by atoms with Gasteiger partial charge < -0.3 is 35.3 Å². The number of nitrogen functional groups attached to an aromatic ring is 1. The maximum Gasteiger partial charge on any atom is 0.260 e. The molecule has 10 nitrogen and oxygen atoms in total. The summed E-state index contributed by atoms with van der Waals surface area (Å²) in [5.41, 5.74) is 3.93. The highest BCUT2D eigenvalue weighted by Crippen LogP contribution is 2.38. The Labute approximate surface area is 129 Å². The van der Waals surface area contributed by atoms with Gasteiger partial charge in [0, 0.05) is 11.8 Å². The minimum atomic E-state index is -1.36. The van der Waals surface area contributed by atoms with Gasteiger partial charge in [0.1, 0.15) is 29.3 Å². The summed E-state index contributed by atoms with van der Waals surface area (Å²) >= 11 is 0. The SMILES string of the molecule is C[C@]1(CO)O[C@@H](n2cc(C(=N)N)c3c(=O)[nH]cnc32)[C@H](O)[C@@H]1O. The van der Waals surface area contributed by atoms with Gasteiger partial charge in [0.2, 0.25) is 0 Å². The van der Waals surface area contributed by atoms with Gasteiger partial charge in [0.05, 0.1) is 18.3 Å². The highest BCUT2D eigenvalue weighted by Gasteiger charge is 2.52. The molecule has 7 N–H and O–H groups in total. The average Bonchev–Trinajstić information content (AvgIpc) is 3.01. The minimum Gasteiger partial charge on any atom is -0.393 e. The fourth-order valence-corrected chi connectivity index (χ4v) is 2.78. The lowest BCUT2D eigenvalue weighted by Crippen LogP contribution is -2.43. The van der Waals surface area contributed by atoms with E-state index in [4.69, 9.17) is 15.9 Å². The fraction of sp³-hybridized carbons (Fsp3) is 0.462. The summed E-state index contributed by atoms with van der Waals surface area (Å²) in [7, 11) is 0. The predicted octanol–water partition coefficient (Wildman–Crippen LogP) is -1.99. The van der Waals surface area contributed by atoms with Gasteiger partial charge in [-0.3, -0.25) is 10.2 Å². The zero-order valence-electron chi connectivity index (χ0n) is 12.2. The van der Waals surface area contributed by atoms with Crippen LogP contribution in [0.3, 0.4) is 0 Å². The maximum absolute atomic E-state index is 12.0. The van der Waals surface area contributed by atoms with Crippen LogP contribution >= 0.6 is 0 Å². The number of aliphatic hydroxyl groups excluding tert-OH is 3. The van der Waals surface area contributed by atoms with Crippen molar-refractivity contribution in [3.63, 3.8) is 0 Å². The van der Waals surface area contributed by atoms with Crippen LogP contribution in [0.15, 0.2) is 17.3 Å². The third-order valence-electron chi connectivity index (χ3n) is 4.12. The summed E-state index contributed by atoms with van der Waals surface area (Å²) in [5, 5.41) is 37.4. The van der Waals surface area contributed by atoms with Gasteiger partial charge in [-0.1, -0.05) is 0 Å². The molecule has 2 aromatic rings. The lowest BCUT2D eigenvalue weighted by Gasteiger charge is -2.24. The molecule has 3 heterocycles. The van der Waals surface area contributed by atoms with Gasteiger partial charge in [-0.25, -0.2) is 4.98 Å². The quantitative estimate of drug-likeness (QED) is 0.280. The van der Waals surface area contributed by atoms with Gasteiger partial charge in [-0.2, -0.15) is 0 Å². The number of hydrogen-bond donors (Lipinski definition) is 6. The first-order chi connectivity index (χ1) is 10.8. The van der Waals surface area contributed by atoms with E-state index in [-0.39, 0.29) is 22.4 Å². The standard InChI is InChI=1S/C13H17N5O5/c1-13(3-19)8(21)7(20)12(23-13)18-2-5(9(14)15)6-10(18)16-4-17-11(6)22/h2,4,7-8,12,19-21H,3H2,1H3,(H3,14,15)(H,16,17,22)/t7-,8+,12-,13-/m1/s1. The molecule has 0 radical (unpaired) electrons. The van der Waals surface area contributed by atoms with E-state index in [1.54, 1.807) is 0 Å². The Morgan fingerprint density at radius 1 is 1.61 bits per heavy atom. The molecular weight excluding hydrogens is 306 g/mol. The molecule has 0 aromatic carbocycles. The van der Waals surface area contributed by atoms with Crippen molar-refractivity contribution in [3.8, 4) is 0 Å². The number of nitrogens with two attached hydrogens (primary N) is 1. The highest BCUT2D eigenvalue weighted by molar-refractivity contribution is 6.06. The molecule has 0 aliphatic carbocycles. The van der Waals surface area contributed by atoms with E-state index < -0.39 is 36.2 Å². The Morgan fingerprint density at radius 3 is 2.87 bits per heavy atom. The van der Waals surface area contributed by atoms with Crippen LogP contribution in [0, 0.1) is 5.41 Å². The van der Waals surface area contributed by atoms with E-state index in [2.05, 4.69) is 9.97 Å². The number of H-pyrrole nitrogens is 1. The molecule has 1 aliphatic heterocycles.